The Morgan fingerprint density at radius 3 is 1.45 bits per heavy atom. The summed E-state index contributed by atoms with van der Waals surface area (Å²) in [6.45, 7) is 3.73. The number of nitrogen functional groups attached to an aromatic ring is 2. The van der Waals surface area contributed by atoms with Gasteiger partial charge < -0.3 is 41.8 Å². The van der Waals surface area contributed by atoms with Crippen LogP contribution in [-0.4, -0.2) is 69.0 Å². The summed E-state index contributed by atoms with van der Waals surface area (Å²) in [6.07, 6.45) is 12.5. The third-order valence-corrected chi connectivity index (χ3v) is 11.9. The van der Waals surface area contributed by atoms with Crippen molar-refractivity contribution in [1.82, 2.24) is 30.2 Å². The van der Waals surface area contributed by atoms with Gasteiger partial charge in [0.05, 0.1) is 11.1 Å². The van der Waals surface area contributed by atoms with Crippen LogP contribution in [0.3, 0.4) is 0 Å². The fourth-order valence-electron chi connectivity index (χ4n) is 8.80. The van der Waals surface area contributed by atoms with Crippen molar-refractivity contribution in [2.24, 2.45) is 10.8 Å². The molecule has 0 atom stereocenters. The van der Waals surface area contributed by atoms with Gasteiger partial charge in [-0.15, -0.1) is 6.42 Å². The van der Waals surface area contributed by atoms with Crippen LogP contribution in [-0.2, 0) is 4.79 Å². The highest BCUT2D eigenvalue weighted by molar-refractivity contribution is 5.93. The summed E-state index contributed by atoms with van der Waals surface area (Å²) in [6, 6.07) is 35.7. The highest BCUT2D eigenvalue weighted by Crippen LogP contribution is 2.50. The molecule has 6 aromatic rings. The number of nitrogens with zero attached hydrogens (tertiary/aromatic N) is 5. The zero-order valence-electron chi connectivity index (χ0n) is 33.1. The molecule has 60 heavy (non-hydrogen) atoms. The zero-order chi connectivity index (χ0) is 41.1. The summed E-state index contributed by atoms with van der Waals surface area (Å²) in [5.74, 6) is 7.48. The maximum Gasteiger partial charge on any atom is 0.298 e. The maximum atomic E-state index is 11.6. The molecule has 4 aliphatic rings. The van der Waals surface area contributed by atoms with Crippen LogP contribution in [0, 0.1) is 23.2 Å². The molecule has 2 aliphatic heterocycles. The van der Waals surface area contributed by atoms with Gasteiger partial charge >= 0.3 is 0 Å². The van der Waals surface area contributed by atoms with Gasteiger partial charge in [-0.1, -0.05) is 60.7 Å². The lowest BCUT2D eigenvalue weighted by Gasteiger charge is -2.58. The Morgan fingerprint density at radius 2 is 1.05 bits per heavy atom. The van der Waals surface area contributed by atoms with Gasteiger partial charge in [-0.05, 0) is 96.7 Å². The van der Waals surface area contributed by atoms with Gasteiger partial charge in [0, 0.05) is 43.7 Å². The molecular formula is C47H46N10O3. The highest BCUT2D eigenvalue weighted by Gasteiger charge is 2.53. The van der Waals surface area contributed by atoms with Crippen LogP contribution < -0.4 is 36.9 Å². The Morgan fingerprint density at radius 1 is 0.633 bits per heavy atom. The molecule has 4 heterocycles. The third kappa shape index (κ3) is 8.10. The van der Waals surface area contributed by atoms with Crippen molar-refractivity contribution in [3.8, 4) is 57.6 Å². The van der Waals surface area contributed by atoms with E-state index in [4.69, 9.17) is 27.4 Å². The third-order valence-electron chi connectivity index (χ3n) is 11.9. The minimum Gasteiger partial charge on any atom is -0.457 e. The van der Waals surface area contributed by atoms with E-state index in [-0.39, 0.29) is 17.4 Å². The SMILES string of the molecule is C#CC(=O)N1CC2(CC(Nc3ncnc(N)c3-c3ccc(Oc4ccccc4)cc3)C2)C1.Nc1ncnc(NC2CC3(CNC3)C2)c1-c1ccc(Oc2ccccc2)cc1. The number of likely N-dealkylation sites (tertiary alicyclic amines) is 1. The number of ether oxygens (including phenoxy) is 2. The summed E-state index contributed by atoms with van der Waals surface area (Å²) >= 11 is 0. The molecule has 4 aromatic carbocycles. The molecule has 2 spiro atoms. The van der Waals surface area contributed by atoms with E-state index in [1.54, 1.807) is 4.90 Å². The van der Waals surface area contributed by atoms with E-state index >= 15 is 0 Å². The molecule has 7 N–H and O–H groups in total. The quantitative estimate of drug-likeness (QED) is 0.0880. The van der Waals surface area contributed by atoms with Gasteiger partial charge in [0.15, 0.2) is 0 Å². The fourth-order valence-corrected chi connectivity index (χ4v) is 8.80. The Labute approximate surface area is 349 Å². The number of carbonyl (C=O) groups excluding carboxylic acids is 1. The molecule has 13 heteroatoms. The molecule has 0 bridgehead atoms. The van der Waals surface area contributed by atoms with Crippen LogP contribution >= 0.6 is 0 Å². The minimum absolute atomic E-state index is 0.180. The van der Waals surface area contributed by atoms with Crippen LogP contribution in [0.15, 0.2) is 122 Å². The van der Waals surface area contributed by atoms with E-state index in [1.165, 1.54) is 25.5 Å². The number of hydrogen-bond acceptors (Lipinski definition) is 12. The van der Waals surface area contributed by atoms with Crippen LogP contribution in [0.25, 0.3) is 22.3 Å². The number of aromatic nitrogens is 4. The van der Waals surface area contributed by atoms with Gasteiger partial charge in [0.2, 0.25) is 0 Å². The Balaban J connectivity index is 0.000000155. The molecule has 2 aromatic heterocycles. The molecule has 2 saturated heterocycles. The summed E-state index contributed by atoms with van der Waals surface area (Å²) in [4.78, 5) is 30.6. The van der Waals surface area contributed by atoms with E-state index < -0.39 is 0 Å². The number of nitrogens with one attached hydrogen (secondary N) is 3. The van der Waals surface area contributed by atoms with Crippen molar-refractivity contribution in [3.05, 3.63) is 122 Å². The number of nitrogens with two attached hydrogens (primary N) is 2. The monoisotopic (exact) mass is 798 g/mol. The Hall–Kier alpha value is -7.17. The fraction of sp³-hybridized carbons (Fsp3) is 0.255. The number of hydrogen-bond donors (Lipinski definition) is 5. The predicted molar refractivity (Wildman–Crippen MR) is 233 cm³/mol. The van der Waals surface area contributed by atoms with Crippen molar-refractivity contribution < 1.29 is 14.3 Å². The van der Waals surface area contributed by atoms with E-state index in [2.05, 4.69) is 41.8 Å². The molecule has 1 amide bonds. The molecule has 4 fully saturated rings. The lowest BCUT2D eigenvalue weighted by atomic mass is 9.60. The molecule has 302 valence electrons. The van der Waals surface area contributed by atoms with Gasteiger partial charge in [-0.2, -0.15) is 0 Å². The molecule has 0 radical (unpaired) electrons. The largest absolute Gasteiger partial charge is 0.457 e. The second-order valence-corrected chi connectivity index (χ2v) is 16.3. The van der Waals surface area contributed by atoms with Crippen LogP contribution in [0.4, 0.5) is 23.3 Å². The number of amides is 1. The minimum atomic E-state index is -0.224. The smallest absolute Gasteiger partial charge is 0.298 e. The first-order chi connectivity index (χ1) is 29.3. The Bertz CT molecular complexity index is 2490. The van der Waals surface area contributed by atoms with Gasteiger partial charge in [-0.3, -0.25) is 4.79 Å². The molecule has 10 rings (SSSR count). The summed E-state index contributed by atoms with van der Waals surface area (Å²) in [7, 11) is 0. The highest BCUT2D eigenvalue weighted by atomic mass is 16.5. The van der Waals surface area contributed by atoms with Gasteiger partial charge in [0.1, 0.15) is 58.9 Å². The summed E-state index contributed by atoms with van der Waals surface area (Å²) < 4.78 is 11.8. The molecule has 13 nitrogen and oxygen atoms in total. The summed E-state index contributed by atoms with van der Waals surface area (Å²) in [5.41, 5.74) is 16.6. The van der Waals surface area contributed by atoms with Crippen molar-refractivity contribution in [2.45, 2.75) is 37.8 Å². The van der Waals surface area contributed by atoms with Crippen LogP contribution in [0.1, 0.15) is 25.7 Å². The second kappa shape index (κ2) is 16.2. The van der Waals surface area contributed by atoms with Crippen LogP contribution in [0.2, 0.25) is 0 Å². The number of para-hydroxylation sites is 2. The normalized spacial score (nSPS) is 17.9. The van der Waals surface area contributed by atoms with E-state index in [0.29, 0.717) is 28.9 Å². The maximum absolute atomic E-state index is 11.6. The number of anilines is 4. The van der Waals surface area contributed by atoms with E-state index in [0.717, 1.165) is 90.1 Å². The number of benzene rings is 4. The van der Waals surface area contributed by atoms with Gasteiger partial charge in [-0.25, -0.2) is 19.9 Å². The average molecular weight is 799 g/mol. The lowest BCUT2D eigenvalue weighted by Crippen LogP contribution is -2.66. The van der Waals surface area contributed by atoms with E-state index in [1.807, 2.05) is 109 Å². The number of terminal acetylenes is 1. The number of carbonyl (C=O) groups is 1. The summed E-state index contributed by atoms with van der Waals surface area (Å²) in [5, 5.41) is 10.5. The molecular weight excluding hydrogens is 753 g/mol. The van der Waals surface area contributed by atoms with Gasteiger partial charge in [0.25, 0.3) is 5.91 Å². The predicted octanol–water partition coefficient (Wildman–Crippen LogP) is 7.24. The van der Waals surface area contributed by atoms with Crippen molar-refractivity contribution >= 4 is 29.2 Å². The van der Waals surface area contributed by atoms with Crippen molar-refractivity contribution in [3.63, 3.8) is 0 Å². The van der Waals surface area contributed by atoms with Crippen LogP contribution in [0.5, 0.6) is 23.0 Å². The lowest BCUT2D eigenvalue weighted by molar-refractivity contribution is -0.144. The molecule has 0 unspecified atom stereocenters. The first-order valence-electron chi connectivity index (χ1n) is 20.1. The Kier molecular flexibility index (Phi) is 10.4. The zero-order valence-corrected chi connectivity index (χ0v) is 33.1. The standard InChI is InChI=1S/C25H23N5O2.C22H23N5O/c1-2-21(31)30-14-25(15-30)12-18(13-25)29-24-22(23(26)27-16-28-24)17-8-10-20(11-9-17)32-19-6-4-3-5-7-19;23-20-19(15-6-8-18(9-7-15)28-17-4-2-1-3-5-17)21(26-14-25-20)27-16-10-22(11-16)12-24-13-22/h1,3-11,16,18H,12-15H2,(H3,26,27,28,29);1-9,14,16,24H,10-13H2,(H3,23,25,26,27). The molecule has 2 saturated carbocycles. The van der Waals surface area contributed by atoms with Crippen molar-refractivity contribution in [1.29, 1.82) is 0 Å². The van der Waals surface area contributed by atoms with E-state index in [9.17, 15) is 4.79 Å². The topological polar surface area (TPSA) is 178 Å². The van der Waals surface area contributed by atoms with Crippen molar-refractivity contribution in [2.75, 3.05) is 48.3 Å². The molecule has 2 aliphatic carbocycles. The average Bonchev–Trinajstić information content (AvgIpc) is 3.20. The second-order valence-electron chi connectivity index (χ2n) is 16.3. The first-order valence-corrected chi connectivity index (χ1v) is 20.1. The first kappa shape index (κ1) is 38.4. The number of rotatable bonds is 10.